The van der Waals surface area contributed by atoms with Crippen LogP contribution in [0.15, 0.2) is 24.3 Å². The standard InChI is InChI=1S/C43H81NO11S/c1-3-5-7-9-11-13-14-15-16-17-18-19-20-21-22-23-25-27-29-31-33-39(47)44-36(37(46)32-30-28-26-24-12-10-8-6-4-2)35-53-43-41(49)42(55-56(50,51)52)40(48)38(34-45)54-43/h18-19,30,32,36-38,40-43,45-46,48-49H,3-17,20-29,31,33-35H2,1-2H3,(H,44,47)(H,50,51,52)/b19-18-,32-30+. The van der Waals surface area contributed by atoms with E-state index in [1.807, 2.05) is 6.08 Å². The number of aliphatic hydroxyl groups is 4. The number of unbranched alkanes of at least 4 members (excludes halogenated alkanes) is 23. The number of carbonyl (C=O) groups is 1. The van der Waals surface area contributed by atoms with Gasteiger partial charge in [-0.3, -0.25) is 9.35 Å². The Morgan fingerprint density at radius 1 is 0.696 bits per heavy atom. The molecule has 12 nitrogen and oxygen atoms in total. The molecule has 0 radical (unpaired) electrons. The summed E-state index contributed by atoms with van der Waals surface area (Å²) >= 11 is 0. The van der Waals surface area contributed by atoms with Gasteiger partial charge in [-0.05, 0) is 44.9 Å². The van der Waals surface area contributed by atoms with E-state index in [-0.39, 0.29) is 18.9 Å². The van der Waals surface area contributed by atoms with Crippen LogP contribution < -0.4 is 5.32 Å². The molecule has 1 aliphatic rings. The number of hydrogen-bond donors (Lipinski definition) is 6. The average Bonchev–Trinajstić information content (AvgIpc) is 3.16. The zero-order valence-electron chi connectivity index (χ0n) is 35.0. The van der Waals surface area contributed by atoms with Crippen molar-refractivity contribution in [3.05, 3.63) is 24.3 Å². The molecule has 7 atom stereocenters. The van der Waals surface area contributed by atoms with E-state index < -0.39 is 59.9 Å². The number of rotatable bonds is 37. The first-order valence-electron chi connectivity index (χ1n) is 22.2. The van der Waals surface area contributed by atoms with E-state index in [1.54, 1.807) is 6.08 Å². The molecule has 1 aliphatic heterocycles. The molecule has 13 heteroatoms. The highest BCUT2D eigenvalue weighted by Gasteiger charge is 2.48. The van der Waals surface area contributed by atoms with Crippen LogP contribution in [0.1, 0.15) is 187 Å². The molecule has 0 aromatic heterocycles. The maximum atomic E-state index is 13.0. The van der Waals surface area contributed by atoms with Gasteiger partial charge >= 0.3 is 10.4 Å². The van der Waals surface area contributed by atoms with Crippen molar-refractivity contribution >= 4 is 16.3 Å². The Kier molecular flexibility index (Phi) is 32.4. The first kappa shape index (κ1) is 52.6. The molecule has 0 spiro atoms. The quantitative estimate of drug-likeness (QED) is 0.0201. The summed E-state index contributed by atoms with van der Waals surface area (Å²) in [6.07, 6.45) is 29.5. The highest BCUT2D eigenvalue weighted by atomic mass is 32.3. The lowest BCUT2D eigenvalue weighted by atomic mass is 9.99. The Morgan fingerprint density at radius 2 is 1.14 bits per heavy atom. The minimum absolute atomic E-state index is 0.264. The zero-order chi connectivity index (χ0) is 41.3. The Morgan fingerprint density at radius 3 is 1.61 bits per heavy atom. The summed E-state index contributed by atoms with van der Waals surface area (Å²) in [4.78, 5) is 13.0. The molecule has 0 aromatic carbocycles. The third kappa shape index (κ3) is 27.3. The van der Waals surface area contributed by atoms with E-state index in [9.17, 15) is 33.6 Å². The van der Waals surface area contributed by atoms with E-state index in [0.717, 1.165) is 51.4 Å². The van der Waals surface area contributed by atoms with Crippen LogP contribution in [0.25, 0.3) is 0 Å². The van der Waals surface area contributed by atoms with Crippen LogP contribution in [0.5, 0.6) is 0 Å². The molecule has 1 amide bonds. The molecule has 1 rings (SSSR count). The molecule has 7 unspecified atom stereocenters. The van der Waals surface area contributed by atoms with Gasteiger partial charge in [0.05, 0.1) is 25.4 Å². The van der Waals surface area contributed by atoms with Crippen molar-refractivity contribution in [1.29, 1.82) is 0 Å². The normalized spacial score (nSPS) is 21.6. The van der Waals surface area contributed by atoms with Crippen LogP contribution in [0, 0.1) is 0 Å². The maximum Gasteiger partial charge on any atom is 0.397 e. The smallest absolute Gasteiger partial charge is 0.394 e. The van der Waals surface area contributed by atoms with Crippen LogP contribution in [-0.4, -0.2) is 95.4 Å². The molecule has 0 aliphatic carbocycles. The second-order valence-corrected chi connectivity index (χ2v) is 16.7. The van der Waals surface area contributed by atoms with Crippen LogP contribution in [0.3, 0.4) is 0 Å². The fraction of sp³-hybridized carbons (Fsp3) is 0.884. The van der Waals surface area contributed by atoms with Crippen molar-refractivity contribution in [2.24, 2.45) is 0 Å². The largest absolute Gasteiger partial charge is 0.397 e. The van der Waals surface area contributed by atoms with E-state index in [1.165, 1.54) is 109 Å². The third-order valence-electron chi connectivity index (χ3n) is 10.5. The first-order valence-corrected chi connectivity index (χ1v) is 23.6. The predicted octanol–water partition coefficient (Wildman–Crippen LogP) is 8.16. The van der Waals surface area contributed by atoms with Crippen molar-refractivity contribution < 1.29 is 51.8 Å². The number of hydrogen-bond acceptors (Lipinski definition) is 10. The third-order valence-corrected chi connectivity index (χ3v) is 10.9. The van der Waals surface area contributed by atoms with Crippen molar-refractivity contribution in [2.75, 3.05) is 13.2 Å². The Bertz CT molecular complexity index is 1110. The van der Waals surface area contributed by atoms with Gasteiger partial charge in [0.25, 0.3) is 0 Å². The Labute approximate surface area is 340 Å². The predicted molar refractivity (Wildman–Crippen MR) is 222 cm³/mol. The molecular weight excluding hydrogens is 739 g/mol. The summed E-state index contributed by atoms with van der Waals surface area (Å²) in [6.45, 7) is 3.34. The van der Waals surface area contributed by atoms with Gasteiger partial charge in [-0.15, -0.1) is 0 Å². The van der Waals surface area contributed by atoms with Crippen molar-refractivity contribution in [3.63, 3.8) is 0 Å². The molecule has 330 valence electrons. The number of amides is 1. The number of carbonyl (C=O) groups excluding carboxylic acids is 1. The van der Waals surface area contributed by atoms with Gasteiger partial charge in [-0.2, -0.15) is 8.42 Å². The van der Waals surface area contributed by atoms with E-state index >= 15 is 0 Å². The lowest BCUT2D eigenvalue weighted by Crippen LogP contribution is -2.61. The van der Waals surface area contributed by atoms with E-state index in [2.05, 4.69) is 35.5 Å². The van der Waals surface area contributed by atoms with Gasteiger partial charge in [0.2, 0.25) is 5.91 Å². The maximum absolute atomic E-state index is 13.0. The van der Waals surface area contributed by atoms with Crippen molar-refractivity contribution in [2.45, 2.75) is 230 Å². The summed E-state index contributed by atoms with van der Waals surface area (Å²) < 4.78 is 47.4. The van der Waals surface area contributed by atoms with E-state index in [0.29, 0.717) is 6.42 Å². The first-order chi connectivity index (χ1) is 27.0. The summed E-state index contributed by atoms with van der Waals surface area (Å²) in [5.74, 6) is -0.270. The second kappa shape index (κ2) is 34.4. The molecule has 1 saturated heterocycles. The molecule has 1 fully saturated rings. The monoisotopic (exact) mass is 820 g/mol. The number of allylic oxidation sites excluding steroid dienone is 3. The van der Waals surface area contributed by atoms with Crippen LogP contribution >= 0.6 is 0 Å². The molecule has 0 bridgehead atoms. The molecule has 1 heterocycles. The molecule has 56 heavy (non-hydrogen) atoms. The zero-order valence-corrected chi connectivity index (χ0v) is 35.8. The van der Waals surface area contributed by atoms with Gasteiger partial charge in [-0.1, -0.05) is 160 Å². The SMILES string of the molecule is CCCCCCCCC/C=C/C(O)C(COC1OC(CO)C(O)C(OS(=O)(=O)O)C1O)NC(=O)CCCCCCCCC/C=C\CCCCCCCCCCC. The minimum atomic E-state index is -5.08. The fourth-order valence-electron chi connectivity index (χ4n) is 6.98. The minimum Gasteiger partial charge on any atom is -0.394 e. The molecule has 0 aromatic rings. The molecule has 6 N–H and O–H groups in total. The fourth-order valence-corrected chi connectivity index (χ4v) is 7.49. The highest BCUT2D eigenvalue weighted by molar-refractivity contribution is 7.80. The Hall–Kier alpha value is -1.42. The number of nitrogens with one attached hydrogen (secondary N) is 1. The van der Waals surface area contributed by atoms with Gasteiger partial charge < -0.3 is 35.2 Å². The Balaban J connectivity index is 2.46. The van der Waals surface area contributed by atoms with Crippen LogP contribution in [0.2, 0.25) is 0 Å². The van der Waals surface area contributed by atoms with Crippen LogP contribution in [0.4, 0.5) is 0 Å². The summed E-state index contributed by atoms with van der Waals surface area (Å²) in [5, 5.41) is 44.5. The topological polar surface area (TPSA) is 192 Å². The van der Waals surface area contributed by atoms with Crippen molar-refractivity contribution in [1.82, 2.24) is 5.32 Å². The lowest BCUT2D eigenvalue weighted by Gasteiger charge is -2.41. The lowest BCUT2D eigenvalue weighted by molar-refractivity contribution is -0.298. The summed E-state index contributed by atoms with van der Waals surface area (Å²) in [5.41, 5.74) is 0. The highest BCUT2D eigenvalue weighted by Crippen LogP contribution is 2.26. The van der Waals surface area contributed by atoms with Gasteiger partial charge in [-0.25, -0.2) is 4.18 Å². The van der Waals surface area contributed by atoms with Gasteiger partial charge in [0.15, 0.2) is 6.29 Å². The summed E-state index contributed by atoms with van der Waals surface area (Å²) in [7, 11) is -5.08. The van der Waals surface area contributed by atoms with Crippen LogP contribution in [-0.2, 0) is 28.9 Å². The van der Waals surface area contributed by atoms with E-state index in [4.69, 9.17) is 14.0 Å². The average molecular weight is 820 g/mol. The molecular formula is C43H81NO11S. The number of ether oxygens (including phenoxy) is 2. The molecule has 0 saturated carbocycles. The van der Waals surface area contributed by atoms with Gasteiger partial charge in [0.1, 0.15) is 24.4 Å². The van der Waals surface area contributed by atoms with Crippen molar-refractivity contribution in [3.8, 4) is 0 Å². The second-order valence-electron chi connectivity index (χ2n) is 15.6. The number of aliphatic hydroxyl groups excluding tert-OH is 4. The summed E-state index contributed by atoms with van der Waals surface area (Å²) in [6, 6.07) is -0.942. The van der Waals surface area contributed by atoms with Gasteiger partial charge in [0, 0.05) is 6.42 Å².